The molecule has 2 fully saturated rings. The molecule has 2 atom stereocenters. The van der Waals surface area contributed by atoms with Crippen molar-refractivity contribution in [1.29, 1.82) is 0 Å². The number of carbonyl (C=O) groups excluding carboxylic acids is 2. The van der Waals surface area contributed by atoms with Crippen LogP contribution in [0.4, 0.5) is 0 Å². The number of likely N-dealkylation sites (tertiary alicyclic amines) is 1. The van der Waals surface area contributed by atoms with Gasteiger partial charge in [0, 0.05) is 38.0 Å². The monoisotopic (exact) mass is 295 g/mol. The molecule has 2 aliphatic rings. The summed E-state index contributed by atoms with van der Waals surface area (Å²) in [6.07, 6.45) is 6.71. The van der Waals surface area contributed by atoms with Crippen molar-refractivity contribution in [2.75, 3.05) is 26.2 Å². The van der Waals surface area contributed by atoms with Crippen molar-refractivity contribution in [2.45, 2.75) is 57.9 Å². The van der Waals surface area contributed by atoms with Crippen LogP contribution in [0.1, 0.15) is 51.9 Å². The van der Waals surface area contributed by atoms with Crippen LogP contribution in [0.5, 0.6) is 0 Å². The average Bonchev–Trinajstić information content (AvgIpc) is 2.68. The second kappa shape index (κ2) is 8.37. The van der Waals surface area contributed by atoms with Gasteiger partial charge in [0.15, 0.2) is 0 Å². The molecule has 0 spiro atoms. The Hall–Kier alpha value is -1.10. The largest absolute Gasteiger partial charge is 0.356 e. The normalized spacial score (nSPS) is 27.3. The maximum atomic E-state index is 12.1. The minimum Gasteiger partial charge on any atom is -0.356 e. The highest BCUT2D eigenvalue weighted by molar-refractivity contribution is 5.78. The fourth-order valence-corrected chi connectivity index (χ4v) is 3.27. The molecule has 0 aromatic carbocycles. The second-order valence-corrected chi connectivity index (χ2v) is 6.41. The van der Waals surface area contributed by atoms with Crippen molar-refractivity contribution in [2.24, 2.45) is 5.92 Å². The lowest BCUT2D eigenvalue weighted by Gasteiger charge is -2.27. The van der Waals surface area contributed by atoms with Crippen LogP contribution in [0.2, 0.25) is 0 Å². The molecule has 2 saturated heterocycles. The summed E-state index contributed by atoms with van der Waals surface area (Å²) in [6, 6.07) is 0.434. The molecule has 0 bridgehead atoms. The number of rotatable bonds is 5. The first kappa shape index (κ1) is 16.3. The van der Waals surface area contributed by atoms with Gasteiger partial charge in [-0.3, -0.25) is 9.59 Å². The Morgan fingerprint density at radius 2 is 2.24 bits per heavy atom. The van der Waals surface area contributed by atoms with Gasteiger partial charge in [-0.15, -0.1) is 0 Å². The maximum Gasteiger partial charge on any atom is 0.223 e. The van der Waals surface area contributed by atoms with E-state index in [1.807, 2.05) is 4.90 Å². The first-order valence-corrected chi connectivity index (χ1v) is 8.45. The van der Waals surface area contributed by atoms with Crippen LogP contribution in [0.15, 0.2) is 0 Å². The van der Waals surface area contributed by atoms with Gasteiger partial charge >= 0.3 is 0 Å². The van der Waals surface area contributed by atoms with Crippen LogP contribution >= 0.6 is 0 Å². The molecule has 2 amide bonds. The van der Waals surface area contributed by atoms with Gasteiger partial charge in [-0.05, 0) is 45.6 Å². The molecule has 2 aliphatic heterocycles. The third-order valence-corrected chi connectivity index (χ3v) is 4.57. The van der Waals surface area contributed by atoms with Crippen molar-refractivity contribution in [3.8, 4) is 0 Å². The highest BCUT2D eigenvalue weighted by atomic mass is 16.2. The molecule has 5 heteroatoms. The Balaban J connectivity index is 1.62. The number of carbonyl (C=O) groups is 2. The molecule has 2 heterocycles. The van der Waals surface area contributed by atoms with E-state index in [2.05, 4.69) is 17.6 Å². The zero-order chi connectivity index (χ0) is 15.1. The molecule has 2 N–H and O–H groups in total. The zero-order valence-electron chi connectivity index (χ0n) is 13.2. The number of piperidine rings is 1. The molecule has 0 aliphatic carbocycles. The first-order valence-electron chi connectivity index (χ1n) is 8.45. The van der Waals surface area contributed by atoms with Crippen LogP contribution in [0.3, 0.4) is 0 Å². The third-order valence-electron chi connectivity index (χ3n) is 4.57. The van der Waals surface area contributed by atoms with Crippen molar-refractivity contribution in [1.82, 2.24) is 15.5 Å². The molecule has 0 aromatic rings. The summed E-state index contributed by atoms with van der Waals surface area (Å²) in [5.74, 6) is 0.623. The summed E-state index contributed by atoms with van der Waals surface area (Å²) >= 11 is 0. The van der Waals surface area contributed by atoms with E-state index >= 15 is 0 Å². The number of nitrogens with one attached hydrogen (secondary N) is 2. The average molecular weight is 295 g/mol. The predicted octanol–water partition coefficient (Wildman–Crippen LogP) is 1.28. The van der Waals surface area contributed by atoms with Gasteiger partial charge in [-0.2, -0.15) is 0 Å². The Bertz CT molecular complexity index is 359. The number of hydrogen-bond acceptors (Lipinski definition) is 3. The SMILES string of the molecule is C[C@H]1C[C@@H](C(=O)NCCCN2CCCCCC2=O)CCN1. The standard InChI is InChI=1S/C16H29N3O2/c1-13-12-14(7-9-17-13)16(21)18-8-5-11-19-10-4-2-3-6-15(19)20/h13-14,17H,2-12H2,1H3,(H,18,21)/t13-,14-/m0/s1. The van der Waals surface area contributed by atoms with Gasteiger partial charge in [0.05, 0.1) is 0 Å². The summed E-state index contributed by atoms with van der Waals surface area (Å²) < 4.78 is 0. The van der Waals surface area contributed by atoms with Gasteiger partial charge in [0.25, 0.3) is 0 Å². The van der Waals surface area contributed by atoms with Gasteiger partial charge < -0.3 is 15.5 Å². The highest BCUT2D eigenvalue weighted by Gasteiger charge is 2.24. The lowest BCUT2D eigenvalue weighted by atomic mass is 9.92. The van der Waals surface area contributed by atoms with E-state index in [1.165, 1.54) is 0 Å². The Kier molecular flexibility index (Phi) is 6.49. The molecule has 0 radical (unpaired) electrons. The molecule has 21 heavy (non-hydrogen) atoms. The van der Waals surface area contributed by atoms with Crippen molar-refractivity contribution < 1.29 is 9.59 Å². The van der Waals surface area contributed by atoms with Crippen LogP contribution < -0.4 is 10.6 Å². The summed E-state index contributed by atoms with van der Waals surface area (Å²) in [4.78, 5) is 25.9. The Labute approximate surface area is 127 Å². The van der Waals surface area contributed by atoms with E-state index in [4.69, 9.17) is 0 Å². The van der Waals surface area contributed by atoms with Crippen LogP contribution in [-0.4, -0.2) is 48.9 Å². The lowest BCUT2D eigenvalue weighted by molar-refractivity contribution is -0.130. The molecule has 0 aromatic heterocycles. The van der Waals surface area contributed by atoms with Crippen molar-refractivity contribution in [3.63, 3.8) is 0 Å². The molecule has 2 rings (SSSR count). The summed E-state index contributed by atoms with van der Waals surface area (Å²) in [5.41, 5.74) is 0. The minimum absolute atomic E-state index is 0.154. The smallest absolute Gasteiger partial charge is 0.223 e. The van der Waals surface area contributed by atoms with Gasteiger partial charge in [0.2, 0.25) is 11.8 Å². The minimum atomic E-state index is 0.154. The topological polar surface area (TPSA) is 61.4 Å². The van der Waals surface area contributed by atoms with E-state index in [-0.39, 0.29) is 17.7 Å². The van der Waals surface area contributed by atoms with Crippen LogP contribution in [-0.2, 0) is 9.59 Å². The number of hydrogen-bond donors (Lipinski definition) is 2. The maximum absolute atomic E-state index is 12.1. The van der Waals surface area contributed by atoms with E-state index in [1.54, 1.807) is 0 Å². The zero-order valence-corrected chi connectivity index (χ0v) is 13.2. The first-order chi connectivity index (χ1) is 10.2. The number of amides is 2. The van der Waals surface area contributed by atoms with E-state index in [0.29, 0.717) is 19.0 Å². The molecule has 0 unspecified atom stereocenters. The summed E-state index contributed by atoms with van der Waals surface area (Å²) in [5, 5.41) is 6.40. The predicted molar refractivity (Wildman–Crippen MR) is 82.9 cm³/mol. The van der Waals surface area contributed by atoms with Crippen molar-refractivity contribution in [3.05, 3.63) is 0 Å². The van der Waals surface area contributed by atoms with Gasteiger partial charge in [-0.1, -0.05) is 6.42 Å². The number of nitrogens with zero attached hydrogens (tertiary/aromatic N) is 1. The second-order valence-electron chi connectivity index (χ2n) is 6.41. The fourth-order valence-electron chi connectivity index (χ4n) is 3.27. The third kappa shape index (κ3) is 5.30. The van der Waals surface area contributed by atoms with Crippen molar-refractivity contribution >= 4 is 11.8 Å². The Morgan fingerprint density at radius 3 is 3.05 bits per heavy atom. The van der Waals surface area contributed by atoms with E-state index in [9.17, 15) is 9.59 Å². The van der Waals surface area contributed by atoms with Gasteiger partial charge in [-0.25, -0.2) is 0 Å². The van der Waals surface area contributed by atoms with E-state index in [0.717, 1.165) is 58.2 Å². The molecular weight excluding hydrogens is 266 g/mol. The van der Waals surface area contributed by atoms with Crippen LogP contribution in [0.25, 0.3) is 0 Å². The molecule has 120 valence electrons. The lowest BCUT2D eigenvalue weighted by Crippen LogP contribution is -2.43. The quantitative estimate of drug-likeness (QED) is 0.751. The summed E-state index contributed by atoms with van der Waals surface area (Å²) in [6.45, 7) is 5.41. The molecule has 5 nitrogen and oxygen atoms in total. The highest BCUT2D eigenvalue weighted by Crippen LogP contribution is 2.16. The Morgan fingerprint density at radius 1 is 1.38 bits per heavy atom. The molecule has 0 saturated carbocycles. The fraction of sp³-hybridized carbons (Fsp3) is 0.875. The van der Waals surface area contributed by atoms with Gasteiger partial charge in [0.1, 0.15) is 0 Å². The van der Waals surface area contributed by atoms with E-state index < -0.39 is 0 Å². The molecular formula is C16H29N3O2. The summed E-state index contributed by atoms with van der Waals surface area (Å²) in [7, 11) is 0. The van der Waals surface area contributed by atoms with Crippen LogP contribution in [0, 0.1) is 5.92 Å².